The van der Waals surface area contributed by atoms with Gasteiger partial charge in [0.25, 0.3) is 11.8 Å². The highest BCUT2D eigenvalue weighted by Crippen LogP contribution is 2.31. The molecule has 0 spiro atoms. The first-order chi connectivity index (χ1) is 13.7. The van der Waals surface area contributed by atoms with Crippen LogP contribution in [0.3, 0.4) is 0 Å². The molecule has 4 heteroatoms. The Morgan fingerprint density at radius 1 is 0.750 bits per heavy atom. The Hall–Kier alpha value is -2.98. The van der Waals surface area contributed by atoms with Crippen LogP contribution >= 0.6 is 0 Å². The number of piperidine rings is 1. The fourth-order valence-electron chi connectivity index (χ4n) is 4.54. The third kappa shape index (κ3) is 2.81. The van der Waals surface area contributed by atoms with Crippen LogP contribution in [0.2, 0.25) is 0 Å². The van der Waals surface area contributed by atoms with Gasteiger partial charge in [0.05, 0.1) is 6.67 Å². The van der Waals surface area contributed by atoms with E-state index in [0.29, 0.717) is 23.7 Å². The molecule has 0 bridgehead atoms. The van der Waals surface area contributed by atoms with Crippen molar-refractivity contribution in [2.24, 2.45) is 0 Å². The Labute approximate surface area is 164 Å². The first kappa shape index (κ1) is 17.1. The number of imide groups is 1. The topological polar surface area (TPSA) is 40.6 Å². The fourth-order valence-corrected chi connectivity index (χ4v) is 4.54. The van der Waals surface area contributed by atoms with Gasteiger partial charge in [0.1, 0.15) is 0 Å². The number of benzene rings is 3. The maximum atomic E-state index is 13.1. The Morgan fingerprint density at radius 2 is 1.36 bits per heavy atom. The summed E-state index contributed by atoms with van der Waals surface area (Å²) in [6.07, 6.45) is 2.10. The number of carbonyl (C=O) groups excluding carboxylic acids is 2. The zero-order valence-corrected chi connectivity index (χ0v) is 15.7. The summed E-state index contributed by atoms with van der Waals surface area (Å²) in [6, 6.07) is 21.9. The van der Waals surface area contributed by atoms with Crippen LogP contribution < -0.4 is 0 Å². The summed E-state index contributed by atoms with van der Waals surface area (Å²) in [6.45, 7) is 2.15. The van der Waals surface area contributed by atoms with Gasteiger partial charge in [0, 0.05) is 29.6 Å². The lowest BCUT2D eigenvalue weighted by Crippen LogP contribution is -2.48. The molecule has 0 saturated carbocycles. The normalized spacial score (nSPS) is 18.1. The van der Waals surface area contributed by atoms with Gasteiger partial charge in [0.15, 0.2) is 0 Å². The minimum absolute atomic E-state index is 0.181. The summed E-state index contributed by atoms with van der Waals surface area (Å²) in [5.41, 5.74) is 2.65. The largest absolute Gasteiger partial charge is 0.286 e. The zero-order valence-electron chi connectivity index (χ0n) is 15.7. The van der Waals surface area contributed by atoms with Crippen molar-refractivity contribution in [2.45, 2.75) is 18.8 Å². The van der Waals surface area contributed by atoms with Gasteiger partial charge in [-0.05, 0) is 41.8 Å². The van der Waals surface area contributed by atoms with Crippen LogP contribution in [-0.4, -0.2) is 41.4 Å². The molecule has 0 radical (unpaired) electrons. The lowest BCUT2D eigenvalue weighted by atomic mass is 9.89. The third-order valence-electron chi connectivity index (χ3n) is 6.06. The second-order valence-electron chi connectivity index (χ2n) is 7.69. The molecule has 0 N–H and O–H groups in total. The van der Waals surface area contributed by atoms with Crippen LogP contribution in [0.1, 0.15) is 45.0 Å². The van der Waals surface area contributed by atoms with E-state index >= 15 is 0 Å². The summed E-state index contributed by atoms with van der Waals surface area (Å²) in [7, 11) is 0. The van der Waals surface area contributed by atoms with Crippen LogP contribution in [-0.2, 0) is 0 Å². The van der Waals surface area contributed by atoms with Crippen molar-refractivity contribution in [3.05, 3.63) is 83.4 Å². The van der Waals surface area contributed by atoms with Crippen molar-refractivity contribution in [3.63, 3.8) is 0 Å². The maximum absolute atomic E-state index is 13.1. The van der Waals surface area contributed by atoms with Gasteiger partial charge >= 0.3 is 0 Å². The van der Waals surface area contributed by atoms with Crippen molar-refractivity contribution in [2.75, 3.05) is 19.8 Å². The van der Waals surface area contributed by atoms with Crippen LogP contribution in [0.15, 0.2) is 66.7 Å². The number of rotatable bonds is 3. The number of hydrogen-bond donors (Lipinski definition) is 0. The van der Waals surface area contributed by atoms with E-state index in [1.165, 1.54) is 10.5 Å². The molecule has 0 unspecified atom stereocenters. The predicted molar refractivity (Wildman–Crippen MR) is 109 cm³/mol. The monoisotopic (exact) mass is 370 g/mol. The van der Waals surface area contributed by atoms with Crippen LogP contribution in [0.5, 0.6) is 0 Å². The molecule has 0 aliphatic carbocycles. The van der Waals surface area contributed by atoms with Gasteiger partial charge in [-0.1, -0.05) is 54.6 Å². The quantitative estimate of drug-likeness (QED) is 0.647. The van der Waals surface area contributed by atoms with E-state index in [2.05, 4.69) is 29.2 Å². The molecule has 28 heavy (non-hydrogen) atoms. The smallest absolute Gasteiger partial charge is 0.262 e. The third-order valence-corrected chi connectivity index (χ3v) is 6.06. The standard InChI is InChI=1S/C24H22N2O2/c27-23-20-10-4-8-19-9-5-11-21(22(19)20)24(28)26(23)16-25-14-12-18(13-15-25)17-6-2-1-3-7-17/h1-11,18H,12-16H2. The van der Waals surface area contributed by atoms with Gasteiger partial charge in [-0.15, -0.1) is 0 Å². The number of likely N-dealkylation sites (tertiary alicyclic amines) is 1. The van der Waals surface area contributed by atoms with E-state index < -0.39 is 0 Å². The Kier molecular flexibility index (Phi) is 4.21. The molecular weight excluding hydrogens is 348 g/mol. The number of nitrogens with zero attached hydrogens (tertiary/aromatic N) is 2. The van der Waals surface area contributed by atoms with Gasteiger partial charge in [0.2, 0.25) is 0 Å². The molecule has 0 atom stereocenters. The highest BCUT2D eigenvalue weighted by molar-refractivity contribution is 6.25. The van der Waals surface area contributed by atoms with Crippen LogP contribution in [0, 0.1) is 0 Å². The SMILES string of the molecule is O=C1c2cccc3cccc(c23)C(=O)N1CN1CCC(c2ccccc2)CC1. The molecular formula is C24H22N2O2. The van der Waals surface area contributed by atoms with E-state index in [1.807, 2.05) is 42.5 Å². The van der Waals surface area contributed by atoms with Crippen molar-refractivity contribution < 1.29 is 9.59 Å². The first-order valence-electron chi connectivity index (χ1n) is 9.87. The highest BCUT2D eigenvalue weighted by Gasteiger charge is 2.34. The minimum atomic E-state index is -0.181. The summed E-state index contributed by atoms with van der Waals surface area (Å²) in [4.78, 5) is 29.7. The molecule has 1 saturated heterocycles. The van der Waals surface area contributed by atoms with Gasteiger partial charge in [-0.3, -0.25) is 19.4 Å². The van der Waals surface area contributed by atoms with E-state index in [4.69, 9.17) is 0 Å². The van der Waals surface area contributed by atoms with Crippen LogP contribution in [0.25, 0.3) is 10.8 Å². The summed E-state index contributed by atoms with van der Waals surface area (Å²) >= 11 is 0. The van der Waals surface area contributed by atoms with E-state index in [-0.39, 0.29) is 11.8 Å². The average Bonchev–Trinajstić information content (AvgIpc) is 2.76. The second kappa shape index (κ2) is 6.88. The summed E-state index contributed by atoms with van der Waals surface area (Å²) < 4.78 is 0. The lowest BCUT2D eigenvalue weighted by molar-refractivity contribution is 0.0467. The first-order valence-corrected chi connectivity index (χ1v) is 9.87. The van der Waals surface area contributed by atoms with Crippen molar-refractivity contribution in [1.82, 2.24) is 9.80 Å². The summed E-state index contributed by atoms with van der Waals surface area (Å²) in [5.74, 6) is 0.193. The molecule has 140 valence electrons. The van der Waals surface area contributed by atoms with E-state index in [1.54, 1.807) is 0 Å². The molecule has 3 aromatic rings. The Morgan fingerprint density at radius 3 is 1.96 bits per heavy atom. The summed E-state index contributed by atoms with van der Waals surface area (Å²) in [5, 5.41) is 1.74. The second-order valence-corrected chi connectivity index (χ2v) is 7.69. The zero-order chi connectivity index (χ0) is 19.1. The Bertz CT molecular complexity index is 1000. The van der Waals surface area contributed by atoms with Crippen molar-refractivity contribution in [1.29, 1.82) is 0 Å². The minimum Gasteiger partial charge on any atom is -0.286 e. The average molecular weight is 370 g/mol. The van der Waals surface area contributed by atoms with Gasteiger partial charge in [-0.2, -0.15) is 0 Å². The van der Waals surface area contributed by atoms with Crippen molar-refractivity contribution in [3.8, 4) is 0 Å². The lowest BCUT2D eigenvalue weighted by Gasteiger charge is -2.36. The predicted octanol–water partition coefficient (Wildman–Crippen LogP) is 4.27. The molecule has 2 amide bonds. The molecule has 2 aliphatic rings. The molecule has 2 aliphatic heterocycles. The molecule has 1 fully saturated rings. The molecule has 0 aromatic heterocycles. The van der Waals surface area contributed by atoms with E-state index in [9.17, 15) is 9.59 Å². The molecule has 3 aromatic carbocycles. The van der Waals surface area contributed by atoms with Gasteiger partial charge < -0.3 is 0 Å². The number of carbonyl (C=O) groups is 2. The van der Waals surface area contributed by atoms with Gasteiger partial charge in [-0.25, -0.2) is 0 Å². The number of amides is 2. The highest BCUT2D eigenvalue weighted by atomic mass is 16.2. The maximum Gasteiger partial charge on any atom is 0.262 e. The van der Waals surface area contributed by atoms with E-state index in [0.717, 1.165) is 36.7 Å². The number of hydrogen-bond acceptors (Lipinski definition) is 3. The molecule has 4 nitrogen and oxygen atoms in total. The van der Waals surface area contributed by atoms with Crippen LogP contribution in [0.4, 0.5) is 0 Å². The Balaban J connectivity index is 1.34. The molecule has 2 heterocycles. The molecule has 5 rings (SSSR count). The van der Waals surface area contributed by atoms with Crippen molar-refractivity contribution >= 4 is 22.6 Å². The fraction of sp³-hybridized carbons (Fsp3) is 0.250.